The zero-order valence-electron chi connectivity index (χ0n) is 16.3. The molecule has 0 aromatic heterocycles. The van der Waals surface area contributed by atoms with Gasteiger partial charge in [-0.1, -0.05) is 42.5 Å². The van der Waals surface area contributed by atoms with Crippen molar-refractivity contribution < 1.29 is 14.6 Å². The van der Waals surface area contributed by atoms with Crippen molar-refractivity contribution in [2.24, 2.45) is 0 Å². The van der Waals surface area contributed by atoms with Crippen molar-refractivity contribution >= 4 is 5.91 Å². The molecule has 28 heavy (non-hydrogen) atoms. The van der Waals surface area contributed by atoms with E-state index in [1.165, 1.54) is 27.8 Å². The van der Waals surface area contributed by atoms with Gasteiger partial charge >= 0.3 is 0 Å². The Morgan fingerprint density at radius 2 is 1.71 bits per heavy atom. The molecule has 0 saturated carbocycles. The number of fused-ring (bicyclic) bond motifs is 1. The number of amides is 1. The summed E-state index contributed by atoms with van der Waals surface area (Å²) in [5, 5.41) is 9.06. The monoisotopic (exact) mass is 380 g/mol. The highest BCUT2D eigenvalue weighted by atomic mass is 16.5. The predicted molar refractivity (Wildman–Crippen MR) is 109 cm³/mol. The molecule has 2 aliphatic heterocycles. The average molecular weight is 380 g/mol. The first kappa shape index (κ1) is 19.1. The number of carbonyl (C=O) groups excluding carboxylic acids is 1. The number of rotatable bonds is 5. The summed E-state index contributed by atoms with van der Waals surface area (Å²) < 4.78 is 5.41. The Bertz CT molecular complexity index is 813. The normalized spacial score (nSPS) is 17.4. The number of ether oxygens (including phenoxy) is 1. The Morgan fingerprint density at radius 3 is 2.46 bits per heavy atom. The molecule has 2 aromatic rings. The summed E-state index contributed by atoms with van der Waals surface area (Å²) >= 11 is 0. The Balaban J connectivity index is 1.40. The molecule has 0 radical (unpaired) electrons. The number of carbonyl (C=O) groups is 1. The van der Waals surface area contributed by atoms with Crippen LogP contribution in [0.1, 0.15) is 16.7 Å². The Labute approximate surface area is 166 Å². The van der Waals surface area contributed by atoms with Gasteiger partial charge in [-0.15, -0.1) is 0 Å². The van der Waals surface area contributed by atoms with Crippen LogP contribution in [-0.2, 0) is 28.9 Å². The maximum absolute atomic E-state index is 11.7. The Kier molecular flexibility index (Phi) is 6.05. The van der Waals surface area contributed by atoms with Crippen LogP contribution in [0.3, 0.4) is 0 Å². The van der Waals surface area contributed by atoms with E-state index in [0.717, 1.165) is 45.7 Å². The summed E-state index contributed by atoms with van der Waals surface area (Å²) in [5.74, 6) is -0.192. The predicted octanol–water partition coefficient (Wildman–Crippen LogP) is 2.11. The van der Waals surface area contributed by atoms with Gasteiger partial charge in [-0.25, -0.2) is 0 Å². The summed E-state index contributed by atoms with van der Waals surface area (Å²) in [5.41, 5.74) is 6.30. The van der Waals surface area contributed by atoms with Gasteiger partial charge in [-0.3, -0.25) is 9.69 Å². The smallest absolute Gasteiger partial charge is 0.248 e. The Morgan fingerprint density at radius 1 is 0.964 bits per heavy atom. The molecule has 2 aliphatic rings. The lowest BCUT2D eigenvalue weighted by molar-refractivity contribution is -0.135. The highest BCUT2D eigenvalue weighted by molar-refractivity contribution is 5.77. The average Bonchev–Trinajstić information content (AvgIpc) is 2.77. The third-order valence-electron chi connectivity index (χ3n) is 5.81. The van der Waals surface area contributed by atoms with E-state index in [-0.39, 0.29) is 5.91 Å². The molecule has 0 aliphatic carbocycles. The molecule has 0 atom stereocenters. The van der Waals surface area contributed by atoms with Crippen LogP contribution in [0.5, 0.6) is 0 Å². The van der Waals surface area contributed by atoms with Crippen molar-refractivity contribution in [1.82, 2.24) is 9.80 Å². The van der Waals surface area contributed by atoms with E-state index < -0.39 is 6.61 Å². The molecule has 1 amide bonds. The van der Waals surface area contributed by atoms with Crippen LogP contribution >= 0.6 is 0 Å². The summed E-state index contributed by atoms with van der Waals surface area (Å²) in [7, 11) is 0. The molecule has 2 heterocycles. The maximum Gasteiger partial charge on any atom is 0.248 e. The van der Waals surface area contributed by atoms with Crippen molar-refractivity contribution in [3.05, 3.63) is 59.2 Å². The largest absolute Gasteiger partial charge is 0.387 e. The van der Waals surface area contributed by atoms with E-state index in [0.29, 0.717) is 13.1 Å². The van der Waals surface area contributed by atoms with Gasteiger partial charge in [0.2, 0.25) is 5.91 Å². The van der Waals surface area contributed by atoms with Gasteiger partial charge in [0.25, 0.3) is 0 Å². The highest BCUT2D eigenvalue weighted by Crippen LogP contribution is 2.27. The second-order valence-corrected chi connectivity index (χ2v) is 7.61. The Hall–Kier alpha value is -2.21. The molecular weight excluding hydrogens is 352 g/mol. The minimum atomic E-state index is -0.411. The third kappa shape index (κ3) is 4.43. The molecule has 0 spiro atoms. The van der Waals surface area contributed by atoms with Gasteiger partial charge in [0.15, 0.2) is 0 Å². The van der Waals surface area contributed by atoms with Crippen LogP contribution < -0.4 is 0 Å². The molecule has 5 heteroatoms. The summed E-state index contributed by atoms with van der Waals surface area (Å²) in [6, 6.07) is 15.4. The lowest BCUT2D eigenvalue weighted by Crippen LogP contribution is -2.37. The van der Waals surface area contributed by atoms with Crippen molar-refractivity contribution in [3.63, 3.8) is 0 Å². The first-order valence-corrected chi connectivity index (χ1v) is 10.1. The minimum Gasteiger partial charge on any atom is -0.387 e. The topological polar surface area (TPSA) is 53.0 Å². The molecule has 0 bridgehead atoms. The van der Waals surface area contributed by atoms with Crippen LogP contribution in [0.4, 0.5) is 0 Å². The van der Waals surface area contributed by atoms with Crippen molar-refractivity contribution in [2.75, 3.05) is 46.0 Å². The van der Waals surface area contributed by atoms with Gasteiger partial charge in [-0.05, 0) is 40.7 Å². The van der Waals surface area contributed by atoms with E-state index in [2.05, 4.69) is 47.4 Å². The van der Waals surface area contributed by atoms with Crippen LogP contribution in [0.2, 0.25) is 0 Å². The number of aliphatic hydroxyl groups is 1. The lowest BCUT2D eigenvalue weighted by atomic mass is 9.94. The van der Waals surface area contributed by atoms with E-state index in [4.69, 9.17) is 9.84 Å². The van der Waals surface area contributed by atoms with E-state index >= 15 is 0 Å². The fraction of sp³-hybridized carbons (Fsp3) is 0.435. The minimum absolute atomic E-state index is 0.192. The van der Waals surface area contributed by atoms with E-state index in [9.17, 15) is 4.79 Å². The zero-order valence-corrected chi connectivity index (χ0v) is 16.3. The molecule has 1 N–H and O–H groups in total. The second-order valence-electron chi connectivity index (χ2n) is 7.61. The quantitative estimate of drug-likeness (QED) is 0.863. The van der Waals surface area contributed by atoms with E-state index in [1.807, 2.05) is 0 Å². The molecule has 0 unspecified atom stereocenters. The molecule has 4 rings (SSSR count). The zero-order chi connectivity index (χ0) is 19.3. The summed E-state index contributed by atoms with van der Waals surface area (Å²) in [4.78, 5) is 15.9. The summed E-state index contributed by atoms with van der Waals surface area (Å²) in [6.07, 6.45) is 1.91. The molecule has 1 saturated heterocycles. The number of aliphatic hydroxyl groups excluding tert-OH is 1. The van der Waals surface area contributed by atoms with Crippen molar-refractivity contribution in [2.45, 2.75) is 19.4 Å². The van der Waals surface area contributed by atoms with Gasteiger partial charge in [0.05, 0.1) is 13.2 Å². The van der Waals surface area contributed by atoms with Crippen molar-refractivity contribution in [3.8, 4) is 11.1 Å². The first-order valence-electron chi connectivity index (χ1n) is 10.1. The van der Waals surface area contributed by atoms with Crippen LogP contribution in [0.15, 0.2) is 42.5 Å². The second kappa shape index (κ2) is 8.86. The molecular formula is C23H28N2O3. The van der Waals surface area contributed by atoms with E-state index in [1.54, 1.807) is 4.90 Å². The van der Waals surface area contributed by atoms with Crippen LogP contribution in [0, 0.1) is 0 Å². The van der Waals surface area contributed by atoms with Gasteiger partial charge in [0, 0.05) is 32.7 Å². The first-order chi connectivity index (χ1) is 13.7. The van der Waals surface area contributed by atoms with Gasteiger partial charge in [0.1, 0.15) is 6.61 Å². The molecule has 2 aromatic carbocycles. The number of hydrogen-bond donors (Lipinski definition) is 1. The third-order valence-corrected chi connectivity index (χ3v) is 5.81. The molecule has 5 nitrogen and oxygen atoms in total. The highest BCUT2D eigenvalue weighted by Gasteiger charge is 2.20. The van der Waals surface area contributed by atoms with Crippen LogP contribution in [0.25, 0.3) is 11.1 Å². The molecule has 148 valence electrons. The number of hydrogen-bond acceptors (Lipinski definition) is 4. The lowest BCUT2D eigenvalue weighted by Gasteiger charge is -2.28. The van der Waals surface area contributed by atoms with Crippen LogP contribution in [-0.4, -0.2) is 66.8 Å². The number of nitrogens with zero attached hydrogens (tertiary/aromatic N) is 2. The summed E-state index contributed by atoms with van der Waals surface area (Å²) in [6.45, 7) is 5.72. The fourth-order valence-electron chi connectivity index (χ4n) is 4.02. The number of benzene rings is 2. The fourth-order valence-corrected chi connectivity index (χ4v) is 4.02. The molecule has 1 fully saturated rings. The van der Waals surface area contributed by atoms with Crippen molar-refractivity contribution in [1.29, 1.82) is 0 Å². The maximum atomic E-state index is 11.7. The SMILES string of the molecule is O=C(CO)N1CCc2cc(-c3ccc(CCN4CCOCC4)cc3)ccc2C1. The number of morpholine rings is 1. The van der Waals surface area contributed by atoms with Gasteiger partial charge < -0.3 is 14.7 Å². The van der Waals surface area contributed by atoms with Gasteiger partial charge in [-0.2, -0.15) is 0 Å². The standard InChI is InChI=1S/C23H28N2O3/c26-17-23(27)25-10-8-21-15-20(5-6-22(21)16-25)19-3-1-18(2-4-19)7-9-24-11-13-28-14-12-24/h1-6,15,26H,7-14,16-17H2.